The molecule has 0 aromatic carbocycles. The van der Waals surface area contributed by atoms with Crippen molar-refractivity contribution in [1.29, 1.82) is 0 Å². The summed E-state index contributed by atoms with van der Waals surface area (Å²) < 4.78 is 38.4. The first-order valence-corrected chi connectivity index (χ1v) is 4.30. The Morgan fingerprint density at radius 2 is 2.20 bits per heavy atom. The topological polar surface area (TPSA) is 34.9 Å². The third-order valence-electron chi connectivity index (χ3n) is 1.65. The molecule has 0 bridgehead atoms. The summed E-state index contributed by atoms with van der Waals surface area (Å²) in [5.74, 6) is -1.09. The van der Waals surface area contributed by atoms with Gasteiger partial charge in [0.2, 0.25) is 5.95 Å². The average molecular weight is 239 g/mol. The smallest absolute Gasteiger partial charge is 0.282 e. The largest absolute Gasteiger partial charge is 0.298 e. The maximum atomic E-state index is 13.2. The molecule has 1 rings (SSSR count). The molecule has 0 aliphatic rings. The van der Waals surface area contributed by atoms with E-state index >= 15 is 0 Å². The second kappa shape index (κ2) is 4.97. The number of carbonyl (C=O) groups excluding carboxylic acids is 1. The zero-order chi connectivity index (χ0) is 11.4. The predicted molar refractivity (Wildman–Crippen MR) is 47.5 cm³/mol. The second-order valence-corrected chi connectivity index (χ2v) is 2.80. The Kier molecular flexibility index (Phi) is 3.90. The number of aromatic nitrogens is 2. The van der Waals surface area contributed by atoms with Gasteiger partial charge >= 0.3 is 0 Å². The van der Waals surface area contributed by atoms with Gasteiger partial charge in [0.25, 0.3) is 6.43 Å². The van der Waals surface area contributed by atoms with Crippen molar-refractivity contribution >= 4 is 17.9 Å². The lowest BCUT2D eigenvalue weighted by Crippen LogP contribution is -2.01. The van der Waals surface area contributed by atoms with Crippen LogP contribution in [0.15, 0.2) is 11.6 Å². The van der Waals surface area contributed by atoms with E-state index in [1.54, 1.807) is 0 Å². The van der Waals surface area contributed by atoms with Gasteiger partial charge in [-0.3, -0.25) is 4.79 Å². The van der Waals surface area contributed by atoms with Gasteiger partial charge in [-0.2, -0.15) is 9.49 Å². The maximum absolute atomic E-state index is 13.2. The highest BCUT2D eigenvalue weighted by Gasteiger charge is 2.23. The minimum absolute atomic E-state index is 0.0186. The van der Waals surface area contributed by atoms with Gasteiger partial charge in [-0.25, -0.2) is 13.5 Å². The highest BCUT2D eigenvalue weighted by atomic mass is 35.5. The van der Waals surface area contributed by atoms with Gasteiger partial charge in [-0.05, 0) is 0 Å². The molecule has 0 atom stereocenters. The van der Waals surface area contributed by atoms with Crippen LogP contribution >= 0.6 is 11.6 Å². The zero-order valence-electron chi connectivity index (χ0n) is 7.33. The summed E-state index contributed by atoms with van der Waals surface area (Å²) >= 11 is 5.18. The van der Waals surface area contributed by atoms with Crippen LogP contribution in [-0.2, 0) is 6.54 Å². The van der Waals surface area contributed by atoms with E-state index in [1.165, 1.54) is 6.08 Å². The molecule has 7 heteroatoms. The molecule has 0 N–H and O–H groups in total. The summed E-state index contributed by atoms with van der Waals surface area (Å²) in [7, 11) is 0. The van der Waals surface area contributed by atoms with Crippen molar-refractivity contribution in [1.82, 2.24) is 9.78 Å². The Labute approximate surface area is 88.1 Å². The van der Waals surface area contributed by atoms with E-state index in [1.807, 2.05) is 0 Å². The molecule has 0 saturated heterocycles. The lowest BCUT2D eigenvalue weighted by atomic mass is 10.3. The third-order valence-corrected chi connectivity index (χ3v) is 1.82. The highest BCUT2D eigenvalue weighted by molar-refractivity contribution is 6.25. The Morgan fingerprint density at radius 3 is 2.60 bits per heavy atom. The number of rotatable bonds is 4. The predicted octanol–water partition coefficient (Wildman–Crippen LogP) is 2.52. The van der Waals surface area contributed by atoms with E-state index in [9.17, 15) is 18.0 Å². The Hall–Kier alpha value is -1.30. The molecule has 0 amide bonds. The van der Waals surface area contributed by atoms with E-state index in [-0.39, 0.29) is 12.8 Å². The summed E-state index contributed by atoms with van der Waals surface area (Å²) in [6.07, 6.45) is -1.66. The first-order valence-electron chi connectivity index (χ1n) is 3.86. The Bertz CT molecular complexity index is 389. The van der Waals surface area contributed by atoms with Gasteiger partial charge < -0.3 is 0 Å². The quantitative estimate of drug-likeness (QED) is 0.756. The van der Waals surface area contributed by atoms with Crippen molar-refractivity contribution in [2.45, 2.75) is 13.0 Å². The van der Waals surface area contributed by atoms with E-state index in [0.717, 1.165) is 5.54 Å². The standard InChI is InChI=1S/C8H6ClF3N2O/c9-2-1-3-14-8(12)5(4-15)6(13-14)7(10)11/h1-2,4,7H,3H2. The van der Waals surface area contributed by atoms with Crippen LogP contribution in [0.4, 0.5) is 13.2 Å². The molecule has 1 heterocycles. The molecule has 0 saturated carbocycles. The van der Waals surface area contributed by atoms with Gasteiger partial charge in [-0.15, -0.1) is 0 Å². The van der Waals surface area contributed by atoms with Crippen molar-refractivity contribution in [3.05, 3.63) is 28.8 Å². The highest BCUT2D eigenvalue weighted by Crippen LogP contribution is 2.22. The van der Waals surface area contributed by atoms with Crippen molar-refractivity contribution in [3.63, 3.8) is 0 Å². The van der Waals surface area contributed by atoms with Gasteiger partial charge in [0.15, 0.2) is 6.29 Å². The fourth-order valence-corrected chi connectivity index (χ4v) is 1.08. The summed E-state index contributed by atoms with van der Waals surface area (Å²) in [5, 5.41) is 3.27. The van der Waals surface area contributed by atoms with Crippen LogP contribution in [0.5, 0.6) is 0 Å². The molecule has 82 valence electrons. The SMILES string of the molecule is O=Cc1c(C(F)F)nn(CC=CCl)c1F. The fraction of sp³-hybridized carbons (Fsp3) is 0.250. The Balaban J connectivity index is 3.14. The van der Waals surface area contributed by atoms with Gasteiger partial charge in [0, 0.05) is 5.54 Å². The van der Waals surface area contributed by atoms with Gasteiger partial charge in [0.05, 0.1) is 12.1 Å². The summed E-state index contributed by atoms with van der Waals surface area (Å²) in [6.45, 7) is -0.108. The van der Waals surface area contributed by atoms with Crippen LogP contribution in [0.1, 0.15) is 22.5 Å². The van der Waals surface area contributed by atoms with Crippen LogP contribution < -0.4 is 0 Å². The third kappa shape index (κ3) is 2.38. The molecule has 1 aromatic rings. The second-order valence-electron chi connectivity index (χ2n) is 2.55. The Morgan fingerprint density at radius 1 is 1.53 bits per heavy atom. The maximum Gasteiger partial charge on any atom is 0.282 e. The lowest BCUT2D eigenvalue weighted by Gasteiger charge is -1.94. The van der Waals surface area contributed by atoms with E-state index < -0.39 is 23.6 Å². The molecule has 0 unspecified atom stereocenters. The number of allylic oxidation sites excluding steroid dienone is 1. The van der Waals surface area contributed by atoms with Crippen molar-refractivity contribution < 1.29 is 18.0 Å². The lowest BCUT2D eigenvalue weighted by molar-refractivity contribution is 0.110. The molecule has 1 aromatic heterocycles. The van der Waals surface area contributed by atoms with Crippen LogP contribution in [-0.4, -0.2) is 16.1 Å². The first kappa shape index (κ1) is 11.8. The van der Waals surface area contributed by atoms with Crippen LogP contribution in [0.25, 0.3) is 0 Å². The normalized spacial score (nSPS) is 11.5. The first-order chi connectivity index (χ1) is 7.11. The van der Waals surface area contributed by atoms with Crippen molar-refractivity contribution in [2.24, 2.45) is 0 Å². The molecular weight excluding hydrogens is 233 g/mol. The van der Waals surface area contributed by atoms with Gasteiger partial charge in [-0.1, -0.05) is 17.7 Å². The number of carbonyl (C=O) groups is 1. The van der Waals surface area contributed by atoms with Crippen LogP contribution in [0.2, 0.25) is 0 Å². The summed E-state index contributed by atoms with van der Waals surface area (Å²) in [6, 6.07) is 0. The number of aldehydes is 1. The molecule has 0 radical (unpaired) electrons. The molecule has 15 heavy (non-hydrogen) atoms. The number of halogens is 4. The molecule has 0 spiro atoms. The number of alkyl halides is 2. The van der Waals surface area contributed by atoms with E-state index in [0.29, 0.717) is 4.68 Å². The number of nitrogens with zero attached hydrogens (tertiary/aromatic N) is 2. The minimum Gasteiger partial charge on any atom is -0.298 e. The fourth-order valence-electron chi connectivity index (χ4n) is 1.00. The molecule has 0 aliphatic heterocycles. The zero-order valence-corrected chi connectivity index (χ0v) is 8.09. The van der Waals surface area contributed by atoms with E-state index in [4.69, 9.17) is 11.6 Å². The molecule has 3 nitrogen and oxygen atoms in total. The molecule has 0 fully saturated rings. The van der Waals surface area contributed by atoms with E-state index in [2.05, 4.69) is 5.10 Å². The average Bonchev–Trinajstić information content (AvgIpc) is 2.52. The van der Waals surface area contributed by atoms with Crippen LogP contribution in [0, 0.1) is 5.95 Å². The number of hydrogen-bond acceptors (Lipinski definition) is 2. The molecule has 0 aliphatic carbocycles. The minimum atomic E-state index is -2.99. The monoisotopic (exact) mass is 238 g/mol. The summed E-state index contributed by atoms with van der Waals surface area (Å²) in [4.78, 5) is 10.4. The van der Waals surface area contributed by atoms with Crippen molar-refractivity contribution in [3.8, 4) is 0 Å². The van der Waals surface area contributed by atoms with Gasteiger partial charge in [0.1, 0.15) is 5.69 Å². The van der Waals surface area contributed by atoms with Crippen LogP contribution in [0.3, 0.4) is 0 Å². The summed E-state index contributed by atoms with van der Waals surface area (Å²) in [5.41, 5.74) is -0.470. The van der Waals surface area contributed by atoms with Crippen molar-refractivity contribution in [2.75, 3.05) is 0 Å². The molecular formula is C8H6ClF3N2O. The number of hydrogen-bond donors (Lipinski definition) is 0.